The molecule has 1 rings (SSSR count). The molecule has 0 atom stereocenters. The second-order valence-corrected chi connectivity index (χ2v) is 3.28. The summed E-state index contributed by atoms with van der Waals surface area (Å²) < 4.78 is 0. The van der Waals surface area contributed by atoms with Gasteiger partial charge in [0.15, 0.2) is 0 Å². The molecule has 0 aliphatic heterocycles. The highest BCUT2D eigenvalue weighted by Gasteiger charge is 2.31. The zero-order valence-electron chi connectivity index (χ0n) is 5.65. The monoisotopic (exact) mass is 114 g/mol. The molecule has 1 aliphatic carbocycles. The van der Waals surface area contributed by atoms with Gasteiger partial charge in [0.2, 0.25) is 0 Å². The Kier molecular flexibility index (Phi) is 1.31. The topological polar surface area (TPSA) is 20.2 Å². The number of rotatable bonds is 1. The van der Waals surface area contributed by atoms with Crippen LogP contribution in [0.3, 0.4) is 0 Å². The molecule has 48 valence electrons. The van der Waals surface area contributed by atoms with Gasteiger partial charge in [-0.15, -0.1) is 0 Å². The maximum absolute atomic E-state index is 9.34. The van der Waals surface area contributed by atoms with E-state index in [1.165, 1.54) is 19.3 Å². The van der Waals surface area contributed by atoms with E-state index >= 15 is 0 Å². The third kappa shape index (κ3) is 1.03. The van der Waals surface area contributed by atoms with Crippen molar-refractivity contribution in [3.8, 4) is 0 Å². The van der Waals surface area contributed by atoms with Crippen molar-refractivity contribution in [2.45, 2.75) is 38.7 Å². The van der Waals surface area contributed by atoms with Crippen molar-refractivity contribution in [2.24, 2.45) is 5.92 Å². The van der Waals surface area contributed by atoms with Crippen molar-refractivity contribution in [1.29, 1.82) is 0 Å². The molecule has 0 spiro atoms. The van der Waals surface area contributed by atoms with Gasteiger partial charge in [0.05, 0.1) is 5.60 Å². The Morgan fingerprint density at radius 3 is 1.88 bits per heavy atom. The molecule has 8 heavy (non-hydrogen) atoms. The molecule has 0 saturated heterocycles. The van der Waals surface area contributed by atoms with Crippen LogP contribution in [0, 0.1) is 5.92 Å². The highest BCUT2D eigenvalue weighted by molar-refractivity contribution is 4.83. The Balaban J connectivity index is 2.34. The van der Waals surface area contributed by atoms with Crippen molar-refractivity contribution >= 4 is 0 Å². The normalized spacial score (nSPS) is 22.9. The van der Waals surface area contributed by atoms with Gasteiger partial charge in [0.1, 0.15) is 0 Å². The van der Waals surface area contributed by atoms with E-state index in [1.54, 1.807) is 0 Å². The highest BCUT2D eigenvalue weighted by Crippen LogP contribution is 2.35. The average Bonchev–Trinajstić information content (AvgIpc) is 1.16. The van der Waals surface area contributed by atoms with Crippen LogP contribution < -0.4 is 0 Å². The van der Waals surface area contributed by atoms with Crippen molar-refractivity contribution in [2.75, 3.05) is 0 Å². The molecule has 1 fully saturated rings. The predicted molar refractivity (Wildman–Crippen MR) is 33.6 cm³/mol. The minimum atomic E-state index is -0.405. The zero-order chi connectivity index (χ0) is 6.20. The van der Waals surface area contributed by atoms with Gasteiger partial charge in [0.25, 0.3) is 0 Å². The molecule has 0 radical (unpaired) electrons. The molecule has 0 aromatic heterocycles. The maximum Gasteiger partial charge on any atom is 0.0619 e. The molecule has 0 unspecified atom stereocenters. The van der Waals surface area contributed by atoms with E-state index in [0.29, 0.717) is 5.92 Å². The first kappa shape index (κ1) is 6.09. The van der Waals surface area contributed by atoms with E-state index in [2.05, 4.69) is 0 Å². The molecular weight excluding hydrogens is 100 g/mol. The van der Waals surface area contributed by atoms with Gasteiger partial charge in [-0.05, 0) is 32.6 Å². The zero-order valence-corrected chi connectivity index (χ0v) is 5.65. The molecule has 0 aromatic rings. The fourth-order valence-electron chi connectivity index (χ4n) is 1.11. The lowest BCUT2D eigenvalue weighted by atomic mass is 9.75. The second-order valence-electron chi connectivity index (χ2n) is 3.28. The average molecular weight is 114 g/mol. The van der Waals surface area contributed by atoms with E-state index in [1.807, 2.05) is 13.8 Å². The maximum atomic E-state index is 9.34. The Morgan fingerprint density at radius 1 is 1.38 bits per heavy atom. The van der Waals surface area contributed by atoms with Crippen molar-refractivity contribution in [3.63, 3.8) is 0 Å². The van der Waals surface area contributed by atoms with Crippen molar-refractivity contribution in [3.05, 3.63) is 0 Å². The van der Waals surface area contributed by atoms with Crippen LogP contribution in [0.25, 0.3) is 0 Å². The largest absolute Gasteiger partial charge is 0.390 e. The van der Waals surface area contributed by atoms with E-state index in [4.69, 9.17) is 0 Å². The summed E-state index contributed by atoms with van der Waals surface area (Å²) in [6, 6.07) is 0. The number of hydrogen-bond donors (Lipinski definition) is 1. The molecule has 1 nitrogen and oxygen atoms in total. The molecule has 0 bridgehead atoms. The van der Waals surface area contributed by atoms with Gasteiger partial charge in [-0.1, -0.05) is 6.42 Å². The second kappa shape index (κ2) is 1.73. The van der Waals surface area contributed by atoms with Crippen LogP contribution in [-0.2, 0) is 0 Å². The molecule has 0 aromatic carbocycles. The van der Waals surface area contributed by atoms with Gasteiger partial charge in [-0.2, -0.15) is 0 Å². The van der Waals surface area contributed by atoms with Crippen LogP contribution in [-0.4, -0.2) is 10.7 Å². The summed E-state index contributed by atoms with van der Waals surface area (Å²) in [7, 11) is 0. The third-order valence-corrected chi connectivity index (χ3v) is 2.10. The van der Waals surface area contributed by atoms with E-state index in [9.17, 15) is 5.11 Å². The van der Waals surface area contributed by atoms with Gasteiger partial charge in [-0.3, -0.25) is 0 Å². The third-order valence-electron chi connectivity index (χ3n) is 2.10. The summed E-state index contributed by atoms with van der Waals surface area (Å²) in [6.07, 6.45) is 3.77. The summed E-state index contributed by atoms with van der Waals surface area (Å²) in [4.78, 5) is 0. The van der Waals surface area contributed by atoms with Crippen LogP contribution in [0.4, 0.5) is 0 Å². The Hall–Kier alpha value is -0.0400. The lowest BCUT2D eigenvalue weighted by molar-refractivity contribution is -0.0181. The van der Waals surface area contributed by atoms with Gasteiger partial charge in [-0.25, -0.2) is 0 Å². The smallest absolute Gasteiger partial charge is 0.0619 e. The van der Waals surface area contributed by atoms with Gasteiger partial charge < -0.3 is 5.11 Å². The van der Waals surface area contributed by atoms with Crippen LogP contribution in [0.1, 0.15) is 33.1 Å². The van der Waals surface area contributed by atoms with Crippen molar-refractivity contribution in [1.82, 2.24) is 0 Å². The molecule has 1 heteroatoms. The molecule has 1 N–H and O–H groups in total. The SMILES string of the molecule is CC(C)(O)C1CCC1. The Morgan fingerprint density at radius 2 is 1.88 bits per heavy atom. The number of hydrogen-bond acceptors (Lipinski definition) is 1. The van der Waals surface area contributed by atoms with Crippen LogP contribution in [0.2, 0.25) is 0 Å². The summed E-state index contributed by atoms with van der Waals surface area (Å²) in [5, 5.41) is 9.34. The summed E-state index contributed by atoms with van der Waals surface area (Å²) in [5.74, 6) is 0.586. The fourth-order valence-corrected chi connectivity index (χ4v) is 1.11. The fraction of sp³-hybridized carbons (Fsp3) is 1.00. The number of aliphatic hydroxyl groups is 1. The van der Waals surface area contributed by atoms with Gasteiger partial charge >= 0.3 is 0 Å². The molecule has 0 heterocycles. The van der Waals surface area contributed by atoms with Gasteiger partial charge in [0, 0.05) is 0 Å². The van der Waals surface area contributed by atoms with Crippen LogP contribution in [0.5, 0.6) is 0 Å². The van der Waals surface area contributed by atoms with E-state index < -0.39 is 5.60 Å². The summed E-state index contributed by atoms with van der Waals surface area (Å²) in [6.45, 7) is 3.80. The summed E-state index contributed by atoms with van der Waals surface area (Å²) in [5.41, 5.74) is -0.405. The molecule has 1 saturated carbocycles. The van der Waals surface area contributed by atoms with Crippen LogP contribution >= 0.6 is 0 Å². The lowest BCUT2D eigenvalue weighted by Crippen LogP contribution is -2.35. The van der Waals surface area contributed by atoms with E-state index in [0.717, 1.165) is 0 Å². The first-order valence-corrected chi connectivity index (χ1v) is 3.33. The van der Waals surface area contributed by atoms with E-state index in [-0.39, 0.29) is 0 Å². The quantitative estimate of drug-likeness (QED) is 0.548. The molecule has 1 aliphatic rings. The first-order valence-electron chi connectivity index (χ1n) is 3.33. The minimum absolute atomic E-state index is 0.405. The minimum Gasteiger partial charge on any atom is -0.390 e. The molecular formula is C7H14O. The standard InChI is InChI=1S/C7H14O/c1-7(2,8)6-4-3-5-6/h6,8H,3-5H2,1-2H3. The Bertz CT molecular complexity index is 76.9. The predicted octanol–water partition coefficient (Wildman–Crippen LogP) is 1.56. The Labute approximate surface area is 50.7 Å². The summed E-state index contributed by atoms with van der Waals surface area (Å²) >= 11 is 0. The first-order chi connectivity index (χ1) is 3.61. The lowest BCUT2D eigenvalue weighted by Gasteiger charge is -2.35. The highest BCUT2D eigenvalue weighted by atomic mass is 16.3. The molecule has 0 amide bonds. The van der Waals surface area contributed by atoms with Crippen molar-refractivity contribution < 1.29 is 5.11 Å². The van der Waals surface area contributed by atoms with Crippen LogP contribution in [0.15, 0.2) is 0 Å².